The van der Waals surface area contributed by atoms with Crippen molar-refractivity contribution in [2.24, 2.45) is 10.1 Å². The standard InChI is InChI=1S/C20H21ClFN3O/c1-4-25(3)12-23-19-9-13(2)15(10-16(19)21)18-11-20(26-24-18)14-7-5-6-8-17(14)22/h5-10,12,20H,4,11H2,1-3H3/b23-12-. The Kier molecular flexibility index (Phi) is 5.57. The van der Waals surface area contributed by atoms with Crippen molar-refractivity contribution >= 4 is 29.3 Å². The Bertz CT molecular complexity index is 866. The third kappa shape index (κ3) is 3.88. The molecular weight excluding hydrogens is 353 g/mol. The van der Waals surface area contributed by atoms with Crippen LogP contribution >= 0.6 is 11.6 Å². The molecule has 0 amide bonds. The Hall–Kier alpha value is -2.40. The minimum atomic E-state index is -0.416. The van der Waals surface area contributed by atoms with E-state index in [0.717, 1.165) is 23.4 Å². The number of benzene rings is 2. The maximum absolute atomic E-state index is 14.0. The number of nitrogens with zero attached hydrogens (tertiary/aromatic N) is 3. The fourth-order valence-electron chi connectivity index (χ4n) is 2.76. The maximum Gasteiger partial charge on any atom is 0.161 e. The molecule has 0 spiro atoms. The molecule has 0 bridgehead atoms. The van der Waals surface area contributed by atoms with Crippen LogP contribution in [0.3, 0.4) is 0 Å². The van der Waals surface area contributed by atoms with Gasteiger partial charge in [-0.15, -0.1) is 0 Å². The average Bonchev–Trinajstić information content (AvgIpc) is 3.11. The Morgan fingerprint density at radius 1 is 1.38 bits per heavy atom. The van der Waals surface area contributed by atoms with Crippen molar-refractivity contribution in [2.45, 2.75) is 26.4 Å². The third-order valence-corrected chi connectivity index (χ3v) is 4.72. The molecule has 1 atom stereocenters. The van der Waals surface area contributed by atoms with Crippen molar-refractivity contribution in [3.63, 3.8) is 0 Å². The summed E-state index contributed by atoms with van der Waals surface area (Å²) in [5.41, 5.74) is 3.88. The molecule has 2 aromatic carbocycles. The second-order valence-corrected chi connectivity index (χ2v) is 6.70. The molecule has 0 fully saturated rings. The Morgan fingerprint density at radius 2 is 2.15 bits per heavy atom. The van der Waals surface area contributed by atoms with E-state index in [0.29, 0.717) is 22.7 Å². The molecule has 0 radical (unpaired) electrons. The summed E-state index contributed by atoms with van der Waals surface area (Å²) in [6.45, 7) is 4.89. The number of aryl methyl sites for hydroxylation is 1. The highest BCUT2D eigenvalue weighted by Gasteiger charge is 2.27. The van der Waals surface area contributed by atoms with Crippen molar-refractivity contribution in [1.82, 2.24) is 4.90 Å². The summed E-state index contributed by atoms with van der Waals surface area (Å²) in [6.07, 6.45) is 1.84. The van der Waals surface area contributed by atoms with Crippen LogP contribution in [-0.4, -0.2) is 30.5 Å². The van der Waals surface area contributed by atoms with E-state index in [2.05, 4.69) is 10.1 Å². The van der Waals surface area contributed by atoms with Crippen molar-refractivity contribution < 1.29 is 9.23 Å². The summed E-state index contributed by atoms with van der Waals surface area (Å²) in [6, 6.07) is 10.4. The first-order chi connectivity index (χ1) is 12.5. The summed E-state index contributed by atoms with van der Waals surface area (Å²) in [4.78, 5) is 11.9. The van der Waals surface area contributed by atoms with E-state index in [9.17, 15) is 4.39 Å². The summed E-state index contributed by atoms with van der Waals surface area (Å²) in [5.74, 6) is -0.284. The molecule has 26 heavy (non-hydrogen) atoms. The third-order valence-electron chi connectivity index (χ3n) is 4.42. The number of oxime groups is 1. The Labute approximate surface area is 157 Å². The molecule has 1 unspecified atom stereocenters. The summed E-state index contributed by atoms with van der Waals surface area (Å²) in [7, 11) is 1.95. The molecule has 0 saturated heterocycles. The van der Waals surface area contributed by atoms with Crippen molar-refractivity contribution in [1.29, 1.82) is 0 Å². The van der Waals surface area contributed by atoms with Gasteiger partial charge in [-0.2, -0.15) is 0 Å². The molecule has 136 valence electrons. The molecule has 4 nitrogen and oxygen atoms in total. The topological polar surface area (TPSA) is 37.2 Å². The van der Waals surface area contributed by atoms with Gasteiger partial charge in [-0.05, 0) is 37.6 Å². The van der Waals surface area contributed by atoms with Gasteiger partial charge >= 0.3 is 0 Å². The van der Waals surface area contributed by atoms with E-state index >= 15 is 0 Å². The van der Waals surface area contributed by atoms with Gasteiger partial charge < -0.3 is 9.74 Å². The number of rotatable bonds is 5. The second-order valence-electron chi connectivity index (χ2n) is 6.29. The SMILES string of the molecule is CCN(C)/C=N\c1cc(C)c(C2=NOC(c3ccccc3F)C2)cc1Cl. The summed E-state index contributed by atoms with van der Waals surface area (Å²) in [5, 5.41) is 4.71. The van der Waals surface area contributed by atoms with E-state index in [-0.39, 0.29) is 5.82 Å². The van der Waals surface area contributed by atoms with Crippen LogP contribution in [0.1, 0.15) is 36.1 Å². The van der Waals surface area contributed by atoms with Gasteiger partial charge in [0.25, 0.3) is 0 Å². The first-order valence-corrected chi connectivity index (χ1v) is 8.89. The van der Waals surface area contributed by atoms with Crippen LogP contribution in [0.15, 0.2) is 46.5 Å². The quantitative estimate of drug-likeness (QED) is 0.529. The van der Waals surface area contributed by atoms with Gasteiger partial charge in [0.15, 0.2) is 6.10 Å². The predicted octanol–water partition coefficient (Wildman–Crippen LogP) is 5.26. The number of hydrogen-bond acceptors (Lipinski definition) is 3. The lowest BCUT2D eigenvalue weighted by atomic mass is 9.97. The molecule has 0 N–H and O–H groups in total. The smallest absolute Gasteiger partial charge is 0.161 e. The van der Waals surface area contributed by atoms with Gasteiger partial charge in [0, 0.05) is 31.1 Å². The molecule has 0 aliphatic carbocycles. The fourth-order valence-corrected chi connectivity index (χ4v) is 2.97. The highest BCUT2D eigenvalue weighted by Crippen LogP contribution is 2.34. The lowest BCUT2D eigenvalue weighted by Crippen LogP contribution is -2.14. The molecule has 0 aromatic heterocycles. The normalized spacial score (nSPS) is 16.7. The van der Waals surface area contributed by atoms with Crippen LogP contribution < -0.4 is 0 Å². The molecule has 6 heteroatoms. The van der Waals surface area contributed by atoms with Gasteiger partial charge in [-0.1, -0.05) is 35.0 Å². The van der Waals surface area contributed by atoms with Crippen molar-refractivity contribution in [3.8, 4) is 0 Å². The van der Waals surface area contributed by atoms with Gasteiger partial charge in [0.05, 0.1) is 22.8 Å². The predicted molar refractivity (Wildman–Crippen MR) is 104 cm³/mol. The highest BCUT2D eigenvalue weighted by molar-refractivity contribution is 6.33. The molecule has 1 heterocycles. The first kappa shape index (κ1) is 18.4. The zero-order valence-corrected chi connectivity index (χ0v) is 15.8. The van der Waals surface area contributed by atoms with Crippen LogP contribution in [0.5, 0.6) is 0 Å². The minimum Gasteiger partial charge on any atom is -0.387 e. The van der Waals surface area contributed by atoms with Gasteiger partial charge in [0.2, 0.25) is 0 Å². The van der Waals surface area contributed by atoms with E-state index in [4.69, 9.17) is 16.4 Å². The van der Waals surface area contributed by atoms with E-state index in [1.807, 2.05) is 37.9 Å². The van der Waals surface area contributed by atoms with Crippen LogP contribution in [0.2, 0.25) is 5.02 Å². The molecule has 1 aliphatic rings. The van der Waals surface area contributed by atoms with Crippen LogP contribution in [0.4, 0.5) is 10.1 Å². The minimum absolute atomic E-state index is 0.284. The van der Waals surface area contributed by atoms with Gasteiger partial charge in [0.1, 0.15) is 5.82 Å². The molecule has 2 aromatic rings. The fraction of sp³-hybridized carbons (Fsp3) is 0.300. The largest absolute Gasteiger partial charge is 0.387 e. The molecular formula is C20H21ClFN3O. The maximum atomic E-state index is 14.0. The van der Waals surface area contributed by atoms with Crippen LogP contribution in [-0.2, 0) is 4.84 Å². The van der Waals surface area contributed by atoms with E-state index in [1.54, 1.807) is 24.5 Å². The molecule has 1 aliphatic heterocycles. The first-order valence-electron chi connectivity index (χ1n) is 8.51. The zero-order valence-electron chi connectivity index (χ0n) is 15.0. The second kappa shape index (κ2) is 7.87. The van der Waals surface area contributed by atoms with Gasteiger partial charge in [-0.25, -0.2) is 9.38 Å². The lowest BCUT2D eigenvalue weighted by molar-refractivity contribution is 0.0830. The van der Waals surface area contributed by atoms with E-state index in [1.165, 1.54) is 6.07 Å². The highest BCUT2D eigenvalue weighted by atomic mass is 35.5. The summed E-state index contributed by atoms with van der Waals surface area (Å²) < 4.78 is 14.0. The Balaban J connectivity index is 1.81. The van der Waals surface area contributed by atoms with Crippen LogP contribution in [0.25, 0.3) is 0 Å². The molecule has 3 rings (SSSR count). The van der Waals surface area contributed by atoms with Crippen molar-refractivity contribution in [3.05, 3.63) is 63.9 Å². The number of halogens is 2. The number of aliphatic imine (C=N–C) groups is 1. The lowest BCUT2D eigenvalue weighted by Gasteiger charge is -2.11. The average molecular weight is 374 g/mol. The molecule has 0 saturated carbocycles. The van der Waals surface area contributed by atoms with Crippen molar-refractivity contribution in [2.75, 3.05) is 13.6 Å². The summed E-state index contributed by atoms with van der Waals surface area (Å²) >= 11 is 6.40. The van der Waals surface area contributed by atoms with E-state index < -0.39 is 6.10 Å². The monoisotopic (exact) mass is 373 g/mol. The zero-order chi connectivity index (χ0) is 18.7. The Morgan fingerprint density at radius 3 is 2.88 bits per heavy atom. The van der Waals surface area contributed by atoms with Gasteiger partial charge in [-0.3, -0.25) is 0 Å². The van der Waals surface area contributed by atoms with Crippen LogP contribution in [0, 0.1) is 12.7 Å². The number of hydrogen-bond donors (Lipinski definition) is 0.